The zero-order valence-electron chi connectivity index (χ0n) is 14.7. The van der Waals surface area contributed by atoms with E-state index in [0.29, 0.717) is 35.3 Å². The summed E-state index contributed by atoms with van der Waals surface area (Å²) in [4.78, 5) is 23.0. The molecule has 1 N–H and O–H groups in total. The highest BCUT2D eigenvalue weighted by Crippen LogP contribution is 2.31. The summed E-state index contributed by atoms with van der Waals surface area (Å²) in [5.74, 6) is 0.938. The minimum absolute atomic E-state index is 0.00131. The summed E-state index contributed by atoms with van der Waals surface area (Å²) in [6.07, 6.45) is 3.90. The van der Waals surface area contributed by atoms with Gasteiger partial charge in [0.2, 0.25) is 11.7 Å². The second-order valence-electron chi connectivity index (χ2n) is 6.57. The van der Waals surface area contributed by atoms with Crippen LogP contribution in [0.3, 0.4) is 0 Å². The van der Waals surface area contributed by atoms with Crippen LogP contribution in [0.25, 0.3) is 11.4 Å². The first-order valence-electron chi connectivity index (χ1n) is 8.61. The Morgan fingerprint density at radius 1 is 1.30 bits per heavy atom. The number of amides is 1. The number of likely N-dealkylation sites (tertiary alicyclic amines) is 1. The predicted molar refractivity (Wildman–Crippen MR) is 100 cm³/mol. The third-order valence-corrected chi connectivity index (χ3v) is 4.89. The molecule has 1 amide bonds. The lowest BCUT2D eigenvalue weighted by molar-refractivity contribution is 0.0938. The lowest BCUT2D eigenvalue weighted by atomic mass is 10.1. The lowest BCUT2D eigenvalue weighted by Gasteiger charge is -2.14. The van der Waals surface area contributed by atoms with Gasteiger partial charge in [0.05, 0.1) is 11.6 Å². The number of carbonyl (C=O) groups is 1. The SMILES string of the molecule is CN1CC(NC(=O)c2cccnc2)CC1c1nc(-c2ccc(Cl)cc2)no1. The Morgan fingerprint density at radius 2 is 2.11 bits per heavy atom. The molecule has 1 aromatic carbocycles. The van der Waals surface area contributed by atoms with Gasteiger partial charge in [0.15, 0.2) is 0 Å². The molecular weight excluding hydrogens is 366 g/mol. The maximum Gasteiger partial charge on any atom is 0.253 e. The zero-order chi connectivity index (χ0) is 18.8. The minimum atomic E-state index is -0.130. The van der Waals surface area contributed by atoms with Crippen LogP contribution in [-0.4, -0.2) is 45.6 Å². The number of hydrogen-bond acceptors (Lipinski definition) is 6. The molecule has 3 heterocycles. The van der Waals surface area contributed by atoms with E-state index in [4.69, 9.17) is 16.1 Å². The molecular formula is C19H18ClN5O2. The Labute approximate surface area is 161 Å². The van der Waals surface area contributed by atoms with E-state index in [-0.39, 0.29) is 18.0 Å². The number of nitrogens with zero attached hydrogens (tertiary/aromatic N) is 4. The monoisotopic (exact) mass is 383 g/mol. The highest BCUT2D eigenvalue weighted by atomic mass is 35.5. The summed E-state index contributed by atoms with van der Waals surface area (Å²) >= 11 is 5.92. The van der Waals surface area contributed by atoms with Gasteiger partial charge in [-0.2, -0.15) is 4.98 Å². The molecule has 27 heavy (non-hydrogen) atoms. The number of nitrogens with one attached hydrogen (secondary N) is 1. The average Bonchev–Trinajstić information content (AvgIpc) is 3.30. The van der Waals surface area contributed by atoms with E-state index < -0.39 is 0 Å². The second-order valence-corrected chi connectivity index (χ2v) is 7.00. The number of benzene rings is 1. The summed E-state index contributed by atoms with van der Waals surface area (Å²) in [6.45, 7) is 0.704. The van der Waals surface area contributed by atoms with Crippen molar-refractivity contribution >= 4 is 17.5 Å². The third-order valence-electron chi connectivity index (χ3n) is 4.64. The Morgan fingerprint density at radius 3 is 2.85 bits per heavy atom. The molecule has 2 atom stereocenters. The summed E-state index contributed by atoms with van der Waals surface area (Å²) in [5, 5.41) is 7.78. The van der Waals surface area contributed by atoms with Crippen LogP contribution in [0.5, 0.6) is 0 Å². The number of carbonyl (C=O) groups excluding carboxylic acids is 1. The zero-order valence-corrected chi connectivity index (χ0v) is 15.4. The molecule has 138 valence electrons. The Bertz CT molecular complexity index is 929. The van der Waals surface area contributed by atoms with Crippen molar-refractivity contribution in [3.63, 3.8) is 0 Å². The number of rotatable bonds is 4. The van der Waals surface area contributed by atoms with Gasteiger partial charge in [-0.1, -0.05) is 16.8 Å². The van der Waals surface area contributed by atoms with Gasteiger partial charge in [-0.3, -0.25) is 14.7 Å². The van der Waals surface area contributed by atoms with Crippen molar-refractivity contribution in [1.82, 2.24) is 25.3 Å². The van der Waals surface area contributed by atoms with Crippen molar-refractivity contribution in [3.05, 3.63) is 65.3 Å². The van der Waals surface area contributed by atoms with Crippen LogP contribution in [0, 0.1) is 0 Å². The molecule has 2 aromatic heterocycles. The molecule has 4 rings (SSSR count). The fourth-order valence-corrected chi connectivity index (χ4v) is 3.37. The van der Waals surface area contributed by atoms with Gasteiger partial charge in [-0.15, -0.1) is 0 Å². The summed E-state index contributed by atoms with van der Waals surface area (Å²) in [6, 6.07) is 10.7. The number of pyridine rings is 1. The van der Waals surface area contributed by atoms with Gasteiger partial charge >= 0.3 is 0 Å². The quantitative estimate of drug-likeness (QED) is 0.745. The van der Waals surface area contributed by atoms with E-state index in [0.717, 1.165) is 5.56 Å². The molecule has 0 aliphatic carbocycles. The Balaban J connectivity index is 1.44. The highest BCUT2D eigenvalue weighted by Gasteiger charge is 2.35. The molecule has 1 saturated heterocycles. The standard InChI is InChI=1S/C19H18ClN5O2/c1-25-11-15(22-18(26)13-3-2-8-21-10-13)9-16(25)19-23-17(24-27-19)12-4-6-14(20)7-5-12/h2-8,10,15-16H,9,11H2,1H3,(H,22,26). The minimum Gasteiger partial charge on any atom is -0.348 e. The molecule has 1 fully saturated rings. The van der Waals surface area contributed by atoms with E-state index in [1.54, 1.807) is 36.7 Å². The normalized spacial score (nSPS) is 19.9. The van der Waals surface area contributed by atoms with Crippen molar-refractivity contribution in [1.29, 1.82) is 0 Å². The van der Waals surface area contributed by atoms with Gasteiger partial charge in [-0.05, 0) is 49.9 Å². The van der Waals surface area contributed by atoms with E-state index in [1.807, 2.05) is 19.2 Å². The molecule has 7 nitrogen and oxygen atoms in total. The summed E-state index contributed by atoms with van der Waals surface area (Å²) in [7, 11) is 1.98. The first-order chi connectivity index (χ1) is 13.1. The lowest BCUT2D eigenvalue weighted by Crippen LogP contribution is -2.36. The van der Waals surface area contributed by atoms with Crippen LogP contribution in [-0.2, 0) is 0 Å². The molecule has 2 unspecified atom stereocenters. The van der Waals surface area contributed by atoms with Gasteiger partial charge in [-0.25, -0.2) is 0 Å². The Hall–Kier alpha value is -2.77. The van der Waals surface area contributed by atoms with Crippen LogP contribution in [0.2, 0.25) is 5.02 Å². The maximum absolute atomic E-state index is 12.3. The summed E-state index contributed by atoms with van der Waals surface area (Å²) in [5.41, 5.74) is 1.39. The highest BCUT2D eigenvalue weighted by molar-refractivity contribution is 6.30. The number of aromatic nitrogens is 3. The number of likely N-dealkylation sites (N-methyl/N-ethyl adjacent to an activating group) is 1. The van der Waals surface area contributed by atoms with Crippen LogP contribution in [0.4, 0.5) is 0 Å². The van der Waals surface area contributed by atoms with Crippen LogP contribution >= 0.6 is 11.6 Å². The van der Waals surface area contributed by atoms with Crippen molar-refractivity contribution in [2.75, 3.05) is 13.6 Å². The third kappa shape index (κ3) is 3.84. The first kappa shape index (κ1) is 17.6. The second kappa shape index (κ2) is 7.46. The van der Waals surface area contributed by atoms with Gasteiger partial charge in [0.25, 0.3) is 5.91 Å². The molecule has 0 radical (unpaired) electrons. The van der Waals surface area contributed by atoms with E-state index in [9.17, 15) is 4.79 Å². The van der Waals surface area contributed by atoms with E-state index >= 15 is 0 Å². The van der Waals surface area contributed by atoms with Gasteiger partial charge in [0.1, 0.15) is 0 Å². The van der Waals surface area contributed by atoms with Crippen molar-refractivity contribution in [3.8, 4) is 11.4 Å². The molecule has 3 aromatic rings. The maximum atomic E-state index is 12.3. The first-order valence-corrected chi connectivity index (χ1v) is 8.98. The largest absolute Gasteiger partial charge is 0.348 e. The Kier molecular flexibility index (Phi) is 4.87. The van der Waals surface area contributed by atoms with Crippen LogP contribution in [0.15, 0.2) is 53.3 Å². The topological polar surface area (TPSA) is 84.2 Å². The van der Waals surface area contributed by atoms with Gasteiger partial charge < -0.3 is 9.84 Å². The predicted octanol–water partition coefficient (Wildman–Crippen LogP) is 2.96. The van der Waals surface area contributed by atoms with Crippen molar-refractivity contribution in [2.45, 2.75) is 18.5 Å². The van der Waals surface area contributed by atoms with Crippen molar-refractivity contribution < 1.29 is 9.32 Å². The van der Waals surface area contributed by atoms with Crippen molar-refractivity contribution in [2.24, 2.45) is 0 Å². The molecule has 8 heteroatoms. The molecule has 1 aliphatic heterocycles. The average molecular weight is 384 g/mol. The van der Waals surface area contributed by atoms with Crippen LogP contribution < -0.4 is 5.32 Å². The number of hydrogen-bond donors (Lipinski definition) is 1. The number of halogens is 1. The van der Waals surface area contributed by atoms with E-state index in [1.165, 1.54) is 0 Å². The molecule has 0 bridgehead atoms. The molecule has 0 saturated carbocycles. The molecule has 0 spiro atoms. The fraction of sp³-hybridized carbons (Fsp3) is 0.263. The molecule has 1 aliphatic rings. The van der Waals surface area contributed by atoms with Gasteiger partial charge in [0, 0.05) is 35.6 Å². The fourth-order valence-electron chi connectivity index (χ4n) is 3.25. The van der Waals surface area contributed by atoms with Crippen LogP contribution in [0.1, 0.15) is 28.7 Å². The van der Waals surface area contributed by atoms with E-state index in [2.05, 4.69) is 25.3 Å². The smallest absolute Gasteiger partial charge is 0.253 e. The summed E-state index contributed by atoms with van der Waals surface area (Å²) < 4.78 is 5.48.